The number of phenolic OH excluding ortho intramolecular Hbond substituents is 1. The van der Waals surface area contributed by atoms with Gasteiger partial charge in [0.15, 0.2) is 11.7 Å². The SMILES string of the molecule is Cc1cc(O)cc(C)c1C[C@H](N=C(N)N)C(=O)C[C@H](C)C(=O)NC[C@@H](N)Cc1ccccc1. The highest BCUT2D eigenvalue weighted by molar-refractivity contribution is 5.91. The average molecular weight is 454 g/mol. The number of aromatic hydroxyl groups is 1. The summed E-state index contributed by atoms with van der Waals surface area (Å²) in [6.07, 6.45) is 0.925. The minimum Gasteiger partial charge on any atom is -0.508 e. The van der Waals surface area contributed by atoms with E-state index in [-0.39, 0.29) is 42.3 Å². The molecule has 2 rings (SSSR count). The number of nitrogens with zero attached hydrogens (tertiary/aromatic N) is 1. The summed E-state index contributed by atoms with van der Waals surface area (Å²) in [5, 5.41) is 12.6. The van der Waals surface area contributed by atoms with Crippen molar-refractivity contribution in [2.75, 3.05) is 6.54 Å². The highest BCUT2D eigenvalue weighted by Gasteiger charge is 2.25. The first-order chi connectivity index (χ1) is 15.6. The number of ketones is 1. The molecular formula is C25H35N5O3. The van der Waals surface area contributed by atoms with Gasteiger partial charge in [-0.3, -0.25) is 9.59 Å². The number of Topliss-reactive ketones (excluding diaryl/α,β-unsaturated/α-hetero) is 1. The molecule has 0 saturated heterocycles. The molecule has 0 aliphatic carbocycles. The van der Waals surface area contributed by atoms with Crippen molar-refractivity contribution in [3.8, 4) is 5.75 Å². The molecule has 8 heteroatoms. The van der Waals surface area contributed by atoms with E-state index < -0.39 is 12.0 Å². The van der Waals surface area contributed by atoms with Gasteiger partial charge >= 0.3 is 0 Å². The lowest BCUT2D eigenvalue weighted by atomic mass is 9.91. The summed E-state index contributed by atoms with van der Waals surface area (Å²) in [7, 11) is 0. The van der Waals surface area contributed by atoms with E-state index in [1.807, 2.05) is 44.2 Å². The number of nitrogens with two attached hydrogens (primary N) is 3. The largest absolute Gasteiger partial charge is 0.508 e. The number of aryl methyl sites for hydroxylation is 2. The van der Waals surface area contributed by atoms with Crippen molar-refractivity contribution in [3.63, 3.8) is 0 Å². The number of amides is 1. The van der Waals surface area contributed by atoms with Crippen molar-refractivity contribution in [1.29, 1.82) is 0 Å². The number of hydrogen-bond acceptors (Lipinski definition) is 5. The standard InChI is InChI=1S/C25H35N5O3/c1-15-9-20(31)10-16(2)21(15)13-22(30-25(27)28)23(32)11-17(3)24(33)29-14-19(26)12-18-7-5-4-6-8-18/h4-10,17,19,22,31H,11-14,26H2,1-3H3,(H,29,33)(H4,27,28,30)/t17-,19-,22-/m0/s1. The molecule has 3 atom stereocenters. The Labute approximate surface area is 195 Å². The smallest absolute Gasteiger partial charge is 0.223 e. The Morgan fingerprint density at radius 2 is 1.67 bits per heavy atom. The minimum absolute atomic E-state index is 0.00260. The van der Waals surface area contributed by atoms with Crippen LogP contribution in [0, 0.1) is 19.8 Å². The summed E-state index contributed by atoms with van der Waals surface area (Å²) < 4.78 is 0. The van der Waals surface area contributed by atoms with Crippen LogP contribution in [0.15, 0.2) is 47.5 Å². The molecule has 0 unspecified atom stereocenters. The van der Waals surface area contributed by atoms with Gasteiger partial charge in [-0.15, -0.1) is 0 Å². The van der Waals surface area contributed by atoms with Crippen molar-refractivity contribution in [3.05, 3.63) is 64.7 Å². The second-order valence-electron chi connectivity index (χ2n) is 8.60. The quantitative estimate of drug-likeness (QED) is 0.256. The number of rotatable bonds is 11. The molecule has 1 amide bonds. The van der Waals surface area contributed by atoms with Crippen molar-refractivity contribution >= 4 is 17.6 Å². The first-order valence-electron chi connectivity index (χ1n) is 11.0. The molecule has 0 spiro atoms. The van der Waals surface area contributed by atoms with Gasteiger partial charge in [0.05, 0.1) is 0 Å². The van der Waals surface area contributed by atoms with Crippen molar-refractivity contribution in [1.82, 2.24) is 5.32 Å². The average Bonchev–Trinajstić information content (AvgIpc) is 2.73. The Morgan fingerprint density at radius 1 is 1.06 bits per heavy atom. The Balaban J connectivity index is 1.97. The molecule has 0 saturated carbocycles. The highest BCUT2D eigenvalue weighted by atomic mass is 16.3. The fourth-order valence-corrected chi connectivity index (χ4v) is 3.82. The fraction of sp³-hybridized carbons (Fsp3) is 0.400. The molecule has 0 bridgehead atoms. The molecular weight excluding hydrogens is 418 g/mol. The first-order valence-corrected chi connectivity index (χ1v) is 11.0. The van der Waals surface area contributed by atoms with Crippen LogP contribution in [-0.4, -0.2) is 41.4 Å². The summed E-state index contributed by atoms with van der Waals surface area (Å²) in [6.45, 7) is 5.72. The molecule has 178 valence electrons. The number of phenols is 1. The van der Waals surface area contributed by atoms with E-state index in [0.717, 1.165) is 22.3 Å². The van der Waals surface area contributed by atoms with Gasteiger partial charge in [0.1, 0.15) is 11.8 Å². The highest BCUT2D eigenvalue weighted by Crippen LogP contribution is 2.23. The number of aliphatic imine (C=N–C) groups is 1. The maximum Gasteiger partial charge on any atom is 0.223 e. The molecule has 8 nitrogen and oxygen atoms in total. The predicted molar refractivity (Wildman–Crippen MR) is 131 cm³/mol. The van der Waals surface area contributed by atoms with Gasteiger partial charge in [0, 0.05) is 31.3 Å². The first kappa shape index (κ1) is 25.9. The lowest BCUT2D eigenvalue weighted by Gasteiger charge is -2.19. The van der Waals surface area contributed by atoms with Crippen LogP contribution in [0.1, 0.15) is 35.6 Å². The number of guanidine groups is 1. The maximum absolute atomic E-state index is 13.0. The third-order valence-corrected chi connectivity index (χ3v) is 5.59. The molecule has 2 aromatic carbocycles. The van der Waals surface area contributed by atoms with Gasteiger partial charge in [-0.1, -0.05) is 37.3 Å². The molecule has 0 fully saturated rings. The van der Waals surface area contributed by atoms with E-state index in [4.69, 9.17) is 17.2 Å². The predicted octanol–water partition coefficient (Wildman–Crippen LogP) is 1.48. The maximum atomic E-state index is 13.0. The monoisotopic (exact) mass is 453 g/mol. The van der Waals surface area contributed by atoms with Crippen molar-refractivity contribution < 1.29 is 14.7 Å². The van der Waals surface area contributed by atoms with Crippen LogP contribution in [0.25, 0.3) is 0 Å². The van der Waals surface area contributed by atoms with E-state index in [1.165, 1.54) is 0 Å². The van der Waals surface area contributed by atoms with Crippen LogP contribution in [-0.2, 0) is 22.4 Å². The zero-order chi connectivity index (χ0) is 24.5. The molecule has 33 heavy (non-hydrogen) atoms. The third kappa shape index (κ3) is 8.23. The molecule has 0 radical (unpaired) electrons. The van der Waals surface area contributed by atoms with Crippen LogP contribution in [0.5, 0.6) is 5.75 Å². The van der Waals surface area contributed by atoms with Crippen LogP contribution >= 0.6 is 0 Å². The lowest BCUT2D eigenvalue weighted by Crippen LogP contribution is -2.41. The van der Waals surface area contributed by atoms with E-state index in [9.17, 15) is 14.7 Å². The third-order valence-electron chi connectivity index (χ3n) is 5.59. The van der Waals surface area contributed by atoms with Crippen LogP contribution in [0.2, 0.25) is 0 Å². The van der Waals surface area contributed by atoms with Gasteiger partial charge in [-0.25, -0.2) is 4.99 Å². The molecule has 0 heterocycles. The topological polar surface area (TPSA) is 157 Å². The van der Waals surface area contributed by atoms with Crippen LogP contribution < -0.4 is 22.5 Å². The number of carbonyl (C=O) groups excluding carboxylic acids is 2. The molecule has 0 aliphatic rings. The van der Waals surface area contributed by atoms with E-state index in [2.05, 4.69) is 10.3 Å². The van der Waals surface area contributed by atoms with Gasteiger partial charge < -0.3 is 27.6 Å². The van der Waals surface area contributed by atoms with E-state index >= 15 is 0 Å². The lowest BCUT2D eigenvalue weighted by molar-refractivity contribution is -0.129. The summed E-state index contributed by atoms with van der Waals surface area (Å²) in [6, 6.07) is 12.0. The Morgan fingerprint density at radius 3 is 2.24 bits per heavy atom. The van der Waals surface area contributed by atoms with E-state index in [1.54, 1.807) is 19.1 Å². The minimum atomic E-state index is -0.812. The summed E-state index contributed by atoms with van der Waals surface area (Å²) in [5.74, 6) is -1.06. The zero-order valence-electron chi connectivity index (χ0n) is 19.5. The van der Waals surface area contributed by atoms with Crippen molar-refractivity contribution in [2.45, 2.75) is 52.1 Å². The summed E-state index contributed by atoms with van der Waals surface area (Å²) >= 11 is 0. The molecule has 8 N–H and O–H groups in total. The van der Waals surface area contributed by atoms with Crippen LogP contribution in [0.4, 0.5) is 0 Å². The number of hydrogen-bond donors (Lipinski definition) is 5. The summed E-state index contributed by atoms with van der Waals surface area (Å²) in [5.41, 5.74) is 20.9. The molecule has 2 aromatic rings. The zero-order valence-corrected chi connectivity index (χ0v) is 19.5. The van der Waals surface area contributed by atoms with Gasteiger partial charge in [-0.05, 0) is 54.7 Å². The second kappa shape index (κ2) is 12.0. The molecule has 0 aliphatic heterocycles. The number of benzene rings is 2. The van der Waals surface area contributed by atoms with Gasteiger partial charge in [0.2, 0.25) is 5.91 Å². The van der Waals surface area contributed by atoms with Crippen LogP contribution in [0.3, 0.4) is 0 Å². The second-order valence-corrected chi connectivity index (χ2v) is 8.60. The number of carbonyl (C=O) groups is 2. The Hall–Kier alpha value is -3.39. The number of nitrogens with one attached hydrogen (secondary N) is 1. The molecule has 0 aromatic heterocycles. The van der Waals surface area contributed by atoms with Gasteiger partial charge in [0.25, 0.3) is 0 Å². The Bertz CT molecular complexity index is 964. The normalized spacial score (nSPS) is 13.6. The summed E-state index contributed by atoms with van der Waals surface area (Å²) in [4.78, 5) is 29.7. The van der Waals surface area contributed by atoms with Crippen molar-refractivity contribution in [2.24, 2.45) is 28.1 Å². The Kier molecular flexibility index (Phi) is 9.42. The van der Waals surface area contributed by atoms with E-state index in [0.29, 0.717) is 13.0 Å². The fourth-order valence-electron chi connectivity index (χ4n) is 3.82. The van der Waals surface area contributed by atoms with Gasteiger partial charge in [-0.2, -0.15) is 0 Å².